The Hall–Kier alpha value is -3.09. The van der Waals surface area contributed by atoms with Gasteiger partial charge in [-0.3, -0.25) is 0 Å². The first-order valence-corrected chi connectivity index (χ1v) is 16.5. The molecular weight excluding hydrogens is 495 g/mol. The quantitative estimate of drug-likeness (QED) is 0.105. The van der Waals surface area contributed by atoms with Crippen LogP contribution in [0.25, 0.3) is 0 Å². The van der Waals surface area contributed by atoms with E-state index in [-0.39, 0.29) is 0 Å². The Kier molecular flexibility index (Phi) is 11.5. The van der Waals surface area contributed by atoms with Gasteiger partial charge in [-0.15, -0.1) is 0 Å². The van der Waals surface area contributed by atoms with E-state index >= 15 is 0 Å². The van der Waals surface area contributed by atoms with Gasteiger partial charge >= 0.3 is 0 Å². The van der Waals surface area contributed by atoms with Crippen molar-refractivity contribution >= 4 is 23.2 Å². The summed E-state index contributed by atoms with van der Waals surface area (Å²) in [6.07, 6.45) is 12.8. The van der Waals surface area contributed by atoms with Crippen molar-refractivity contribution < 1.29 is 9.47 Å². The average Bonchev–Trinajstić information content (AvgIpc) is 3.01. The maximum Gasteiger partial charge on any atom is 0.160 e. The minimum atomic E-state index is -1.68. The number of rotatable bonds is 16. The molecule has 0 bridgehead atoms. The topological polar surface area (TPSA) is 18.5 Å². The van der Waals surface area contributed by atoms with E-state index in [4.69, 9.17) is 9.47 Å². The van der Waals surface area contributed by atoms with Crippen LogP contribution in [0.4, 0.5) is 0 Å². The fraction of sp³-hybridized carbons (Fsp3) is 0.333. The van der Waals surface area contributed by atoms with Gasteiger partial charge in [0, 0.05) is 0 Å². The number of aryl methyl sites for hydroxylation is 1. The lowest BCUT2D eigenvalue weighted by Gasteiger charge is -2.27. The SMILES string of the molecule is COc1ccc(CCCCCCCCCC[P+](c2ccccc2)(c2ccccc2)c2ccccc2)cc1OC. The van der Waals surface area contributed by atoms with E-state index in [1.54, 1.807) is 14.2 Å². The van der Waals surface area contributed by atoms with E-state index in [0.717, 1.165) is 17.9 Å². The van der Waals surface area contributed by atoms with E-state index < -0.39 is 7.26 Å². The highest BCUT2D eigenvalue weighted by molar-refractivity contribution is 7.95. The number of unbranched alkanes of at least 4 members (excludes halogenated alkanes) is 7. The molecular formula is C36H44O2P+. The Balaban J connectivity index is 1.26. The summed E-state index contributed by atoms with van der Waals surface area (Å²) in [6.45, 7) is 0. The first-order valence-electron chi connectivity index (χ1n) is 14.5. The molecule has 0 N–H and O–H groups in total. The van der Waals surface area contributed by atoms with Gasteiger partial charge in [-0.25, -0.2) is 0 Å². The molecule has 4 aromatic carbocycles. The molecule has 0 radical (unpaired) electrons. The molecule has 39 heavy (non-hydrogen) atoms. The van der Waals surface area contributed by atoms with Crippen LogP contribution >= 0.6 is 7.26 Å². The Bertz CT molecular complexity index is 1130. The van der Waals surface area contributed by atoms with E-state index in [2.05, 4.69) is 103 Å². The zero-order valence-electron chi connectivity index (χ0n) is 23.7. The van der Waals surface area contributed by atoms with Crippen LogP contribution in [0, 0.1) is 0 Å². The Labute approximate surface area is 236 Å². The third-order valence-electron chi connectivity index (χ3n) is 7.75. The summed E-state index contributed by atoms with van der Waals surface area (Å²) >= 11 is 0. The highest BCUT2D eigenvalue weighted by atomic mass is 31.2. The zero-order valence-corrected chi connectivity index (χ0v) is 24.6. The predicted octanol–water partition coefficient (Wildman–Crippen LogP) is 8.36. The van der Waals surface area contributed by atoms with Crippen molar-refractivity contribution in [1.82, 2.24) is 0 Å². The first kappa shape index (κ1) is 28.9. The summed E-state index contributed by atoms with van der Waals surface area (Å²) in [5.74, 6) is 1.63. The van der Waals surface area contributed by atoms with Crippen molar-refractivity contribution in [1.29, 1.82) is 0 Å². The third kappa shape index (κ3) is 7.74. The van der Waals surface area contributed by atoms with E-state index in [1.165, 1.54) is 79.0 Å². The second-order valence-corrected chi connectivity index (χ2v) is 13.9. The van der Waals surface area contributed by atoms with Gasteiger partial charge in [0.2, 0.25) is 0 Å². The van der Waals surface area contributed by atoms with Crippen LogP contribution in [0.3, 0.4) is 0 Å². The van der Waals surface area contributed by atoms with Crippen LogP contribution in [0.2, 0.25) is 0 Å². The molecule has 4 aromatic rings. The number of ether oxygens (including phenoxy) is 2. The van der Waals surface area contributed by atoms with Crippen LogP contribution in [0.5, 0.6) is 11.5 Å². The van der Waals surface area contributed by atoms with Crippen molar-refractivity contribution in [2.45, 2.75) is 57.8 Å². The highest BCUT2D eigenvalue weighted by Gasteiger charge is 2.44. The molecule has 0 spiro atoms. The number of methoxy groups -OCH3 is 2. The minimum Gasteiger partial charge on any atom is -0.493 e. The van der Waals surface area contributed by atoms with Crippen molar-refractivity contribution in [2.24, 2.45) is 0 Å². The lowest BCUT2D eigenvalue weighted by atomic mass is 10.0. The van der Waals surface area contributed by atoms with Crippen molar-refractivity contribution in [2.75, 3.05) is 20.4 Å². The molecule has 3 heteroatoms. The predicted molar refractivity (Wildman–Crippen MR) is 170 cm³/mol. The van der Waals surface area contributed by atoms with Crippen LogP contribution in [-0.4, -0.2) is 20.4 Å². The van der Waals surface area contributed by atoms with Crippen molar-refractivity contribution in [3.63, 3.8) is 0 Å². The largest absolute Gasteiger partial charge is 0.493 e. The summed E-state index contributed by atoms with van der Waals surface area (Å²) in [4.78, 5) is 0. The lowest BCUT2D eigenvalue weighted by molar-refractivity contribution is 0.354. The molecule has 0 heterocycles. The van der Waals surface area contributed by atoms with Crippen LogP contribution < -0.4 is 25.4 Å². The summed E-state index contributed by atoms with van der Waals surface area (Å²) in [5, 5.41) is 4.49. The molecule has 0 saturated heterocycles. The molecule has 2 nitrogen and oxygen atoms in total. The number of hydrogen-bond donors (Lipinski definition) is 0. The summed E-state index contributed by atoms with van der Waals surface area (Å²) in [7, 11) is 1.71. The second-order valence-electron chi connectivity index (χ2n) is 10.3. The van der Waals surface area contributed by atoms with E-state index in [1.807, 2.05) is 6.07 Å². The van der Waals surface area contributed by atoms with E-state index in [9.17, 15) is 0 Å². The summed E-state index contributed by atoms with van der Waals surface area (Å²) < 4.78 is 10.8. The van der Waals surface area contributed by atoms with Gasteiger partial charge in [0.25, 0.3) is 0 Å². The maximum absolute atomic E-state index is 5.44. The van der Waals surface area contributed by atoms with Crippen molar-refractivity contribution in [3.05, 3.63) is 115 Å². The van der Waals surface area contributed by atoms with Gasteiger partial charge in [-0.05, 0) is 79.8 Å². The van der Waals surface area contributed by atoms with E-state index in [0.29, 0.717) is 0 Å². The van der Waals surface area contributed by atoms with Crippen molar-refractivity contribution in [3.8, 4) is 11.5 Å². The first-order chi connectivity index (χ1) is 19.3. The van der Waals surface area contributed by atoms with Gasteiger partial charge in [0.05, 0.1) is 20.4 Å². The maximum atomic E-state index is 5.44. The molecule has 0 saturated carbocycles. The molecule has 0 unspecified atom stereocenters. The Morgan fingerprint density at radius 3 is 1.36 bits per heavy atom. The fourth-order valence-electron chi connectivity index (χ4n) is 5.66. The summed E-state index contributed by atoms with van der Waals surface area (Å²) in [5.41, 5.74) is 1.33. The van der Waals surface area contributed by atoms with Gasteiger partial charge < -0.3 is 9.47 Å². The smallest absolute Gasteiger partial charge is 0.160 e. The molecule has 4 rings (SSSR count). The van der Waals surface area contributed by atoms with Gasteiger partial charge in [0.15, 0.2) is 11.5 Å². The molecule has 0 aliphatic carbocycles. The van der Waals surface area contributed by atoms with Crippen LogP contribution in [-0.2, 0) is 6.42 Å². The highest BCUT2D eigenvalue weighted by Crippen LogP contribution is 2.56. The van der Waals surface area contributed by atoms with Crippen LogP contribution in [0.1, 0.15) is 56.9 Å². The normalized spacial score (nSPS) is 11.3. The second kappa shape index (κ2) is 15.5. The van der Waals surface area contributed by atoms with Crippen LogP contribution in [0.15, 0.2) is 109 Å². The molecule has 0 aromatic heterocycles. The fourth-order valence-corrected chi connectivity index (χ4v) is 10.1. The standard InChI is InChI=1S/C36H44O2P/c1-37-35-28-27-31(30-36(35)38-2)20-12-7-5-3-4-6-8-19-29-39(32-21-13-9-14-22-32,33-23-15-10-16-24-33)34-25-17-11-18-26-34/h9-11,13-18,21-28,30H,3-8,12,19-20,29H2,1-2H3/q+1. The zero-order chi connectivity index (χ0) is 27.2. The molecule has 204 valence electrons. The summed E-state index contributed by atoms with van der Waals surface area (Å²) in [6, 6.07) is 40.1. The Morgan fingerprint density at radius 1 is 0.462 bits per heavy atom. The van der Waals surface area contributed by atoms with Gasteiger partial charge in [-0.2, -0.15) is 0 Å². The molecule has 0 fully saturated rings. The lowest BCUT2D eigenvalue weighted by Crippen LogP contribution is -2.33. The minimum absolute atomic E-state index is 0.803. The van der Waals surface area contributed by atoms with Gasteiger partial charge in [0.1, 0.15) is 23.2 Å². The Morgan fingerprint density at radius 2 is 0.897 bits per heavy atom. The monoisotopic (exact) mass is 539 g/mol. The third-order valence-corrected chi connectivity index (χ3v) is 12.3. The molecule has 0 atom stereocenters. The average molecular weight is 540 g/mol. The molecule has 0 aliphatic heterocycles. The molecule has 0 amide bonds. The van der Waals surface area contributed by atoms with Gasteiger partial charge in [-0.1, -0.05) is 92.8 Å². The molecule has 0 aliphatic rings. The number of hydrogen-bond acceptors (Lipinski definition) is 2. The number of benzene rings is 4.